The zero-order valence-electron chi connectivity index (χ0n) is 80.1. The Morgan fingerprint density at radius 1 is 0.174 bits per heavy atom. The average Bonchev–Trinajstić information content (AvgIpc) is 0.762. The first kappa shape index (κ1) is 100. The maximum atomic E-state index is 6.12. The van der Waals surface area contributed by atoms with Crippen molar-refractivity contribution in [2.45, 2.75) is 49.9 Å². The molecule has 0 aliphatic carbocycles. The molecule has 18 aromatic carbocycles. The van der Waals surface area contributed by atoms with E-state index < -0.39 is 10.8 Å². The van der Waals surface area contributed by atoms with Crippen LogP contribution in [0.25, 0.3) is 0 Å². The summed E-state index contributed by atoms with van der Waals surface area (Å²) in [5.74, 6) is 12.9. The lowest BCUT2D eigenvalue weighted by atomic mass is 9.71. The van der Waals surface area contributed by atoms with Crippen molar-refractivity contribution in [3.63, 3.8) is 0 Å². The molecule has 0 aliphatic rings. The molecule has 18 rings (SSSR count). The van der Waals surface area contributed by atoms with Gasteiger partial charge in [0.2, 0.25) is 0 Å². The van der Waals surface area contributed by atoms with E-state index >= 15 is 0 Å². The van der Waals surface area contributed by atoms with Gasteiger partial charge in [0, 0.05) is 67.9 Å². The molecule has 0 heterocycles. The molecule has 728 valence electrons. The highest BCUT2D eigenvalue weighted by Gasteiger charge is 2.34. The third-order valence-electron chi connectivity index (χ3n) is 24.4. The van der Waals surface area contributed by atoms with Crippen LogP contribution in [0.2, 0.25) is 0 Å². The number of anilines is 12. The van der Waals surface area contributed by atoms with Crippen LogP contribution in [0.15, 0.2) is 419 Å². The van der Waals surface area contributed by atoms with Crippen molar-refractivity contribution in [3.8, 4) is 103 Å². The topological polar surface area (TPSA) is 473 Å². The molecule has 144 heavy (non-hydrogen) atoms. The maximum Gasteiger partial charge on any atom is 0.150 e. The van der Waals surface area contributed by atoms with E-state index in [9.17, 15) is 0 Å². The van der Waals surface area contributed by atoms with Crippen LogP contribution < -0.4 is 129 Å². The number of benzene rings is 18. The molecule has 18 aromatic rings. The summed E-state index contributed by atoms with van der Waals surface area (Å²) in [5.41, 5.74) is 103. The summed E-state index contributed by atoms with van der Waals surface area (Å²) in [7, 11) is 0. The number of ether oxygens (including phenoxy) is 9. The minimum Gasteiger partial charge on any atom is -0.457 e. The van der Waals surface area contributed by atoms with Crippen molar-refractivity contribution in [2.75, 3.05) is 88.4 Å². The minimum absolute atomic E-state index is 0.0401. The molecule has 0 unspecified atom stereocenters. The second-order valence-electron chi connectivity index (χ2n) is 34.9. The SMILES string of the molecule is CC(c1ccc(Oc2ccc(N)cc2)cc1)(c1ccc(Oc2ccc(N)cc2)cc1)c1ccc(Oc2ccc(N)cc2)cc1.CC(c1ccc(Oc2ccc(N)cc2N)cc1)(c1ccc(Oc2ccc(N)cc2N)cc1)c1ccc(Oc2ccc(N)cc2N)cc1.NCCC(CCN)CCN.Nc1ccc(Oc2ccc(C(c3ccc(Oc4ccc(N)cc4)cc3)c3ccc(Oc4ccc(N)cc4)cc3)cc2)cc1. The summed E-state index contributed by atoms with van der Waals surface area (Å²) < 4.78 is 54.5. The molecule has 0 saturated carbocycles. The van der Waals surface area contributed by atoms with Crippen molar-refractivity contribution in [2.24, 2.45) is 23.1 Å². The van der Waals surface area contributed by atoms with Crippen LogP contribution in [-0.4, -0.2) is 19.6 Å². The fourth-order valence-corrected chi connectivity index (χ4v) is 16.4. The second-order valence-corrected chi connectivity index (χ2v) is 34.9. The van der Waals surface area contributed by atoms with Crippen LogP contribution in [0, 0.1) is 5.92 Å². The van der Waals surface area contributed by atoms with Crippen LogP contribution in [0.4, 0.5) is 68.2 Å². The van der Waals surface area contributed by atoms with E-state index in [1.165, 1.54) is 0 Å². The summed E-state index contributed by atoms with van der Waals surface area (Å²) in [6.07, 6.45) is 3.19. The van der Waals surface area contributed by atoms with E-state index in [1.54, 1.807) is 54.6 Å². The van der Waals surface area contributed by atoms with Gasteiger partial charge in [0.25, 0.3) is 0 Å². The second kappa shape index (κ2) is 47.3. The highest BCUT2D eigenvalue weighted by atomic mass is 16.5. The quantitative estimate of drug-likeness (QED) is 0.0134. The largest absolute Gasteiger partial charge is 0.457 e. The highest BCUT2D eigenvalue weighted by molar-refractivity contribution is 5.66. The van der Waals surface area contributed by atoms with E-state index in [0.717, 1.165) is 158 Å². The van der Waals surface area contributed by atoms with Gasteiger partial charge in [0.15, 0.2) is 0 Å². The van der Waals surface area contributed by atoms with E-state index in [4.69, 9.17) is 129 Å². The van der Waals surface area contributed by atoms with Gasteiger partial charge in [-0.3, -0.25) is 0 Å². The first-order valence-electron chi connectivity index (χ1n) is 47.0. The van der Waals surface area contributed by atoms with Gasteiger partial charge < -0.3 is 129 Å². The third-order valence-corrected chi connectivity index (χ3v) is 24.4. The summed E-state index contributed by atoms with van der Waals surface area (Å²) in [4.78, 5) is 0. The molecule has 0 fully saturated rings. The van der Waals surface area contributed by atoms with Crippen molar-refractivity contribution in [1.82, 2.24) is 0 Å². The van der Waals surface area contributed by atoms with Crippen molar-refractivity contribution >= 4 is 68.2 Å². The normalized spacial score (nSPS) is 11.0. The van der Waals surface area contributed by atoms with Gasteiger partial charge in [-0.25, -0.2) is 0 Å². The van der Waals surface area contributed by atoms with Crippen LogP contribution in [-0.2, 0) is 10.8 Å². The molecule has 0 atom stereocenters. The van der Waals surface area contributed by atoms with Gasteiger partial charge in [-0.1, -0.05) is 109 Å². The third kappa shape index (κ3) is 26.8. The minimum atomic E-state index is -0.587. The first-order chi connectivity index (χ1) is 69.7. The Kier molecular flexibility index (Phi) is 32.9. The predicted molar refractivity (Wildman–Crippen MR) is 586 cm³/mol. The van der Waals surface area contributed by atoms with E-state index in [0.29, 0.717) is 109 Å². The monoisotopic (exact) mass is 1910 g/mol. The molecule has 0 bridgehead atoms. The molecule has 30 N–H and O–H groups in total. The van der Waals surface area contributed by atoms with Gasteiger partial charge in [-0.15, -0.1) is 0 Å². The lowest BCUT2D eigenvalue weighted by Gasteiger charge is -2.32. The standard InChI is InChI=1S/C38H36N6O3.C38H33N3O3.C37H31N3O3.C7H19N3/c1-38(23-2-11-29(12-3-23)45-35-17-8-26(39)20-32(35)42,24-4-13-30(14-5-24)46-36-18-9-27(40)21-33(36)43)25-6-15-31(16-7-25)47-37-19-10-28(41)22-34(37)44;1-38(26-2-14-32(15-3-26)42-35-20-8-29(39)9-21-35,27-4-16-33(17-5-27)43-36-22-10-30(40)11-23-36)28-6-18-34(19-7-28)44-37-24-12-31(41)13-25-37;38-28-7-19-34(20-8-28)41-31-13-1-25(2-14-31)37(26-3-15-32(16-4-26)42-35-21-9-29(39)10-22-35)27-5-17-33(18-6-27)43-36-23-11-30(40)12-24-36;8-4-1-7(2-5-9)3-6-10/h2-22H,39-44H2,1H3;2-25H,39-41H2,1H3;1-24,37H,38-40H2;7H,1-6,8-10H2. The lowest BCUT2D eigenvalue weighted by molar-refractivity contribution is 0.437. The Morgan fingerprint density at radius 3 is 0.465 bits per heavy atom. The molecule has 24 heteroatoms. The summed E-state index contributed by atoms with van der Waals surface area (Å²) in [5, 5.41) is 0. The van der Waals surface area contributed by atoms with Crippen molar-refractivity contribution < 1.29 is 42.6 Å². The Hall–Kier alpha value is -18.4. The Bertz CT molecular complexity index is 6470. The van der Waals surface area contributed by atoms with E-state index in [-0.39, 0.29) is 5.92 Å². The fourth-order valence-electron chi connectivity index (χ4n) is 16.4. The van der Waals surface area contributed by atoms with E-state index in [1.807, 2.05) is 291 Å². The molecule has 0 amide bonds. The predicted octanol–water partition coefficient (Wildman–Crippen LogP) is 25.7. The highest BCUT2D eigenvalue weighted by Crippen LogP contribution is 2.47. The Labute approximate surface area is 839 Å². The molecule has 0 spiro atoms. The van der Waals surface area contributed by atoms with Gasteiger partial charge in [0.1, 0.15) is 103 Å². The Morgan fingerprint density at radius 2 is 0.312 bits per heavy atom. The smallest absolute Gasteiger partial charge is 0.150 e. The van der Waals surface area contributed by atoms with Gasteiger partial charge in [-0.2, -0.15) is 0 Å². The fraction of sp³-hybridized carbons (Fsp3) is 0.100. The number of nitrogens with two attached hydrogens (primary N) is 15. The number of nitrogen functional groups attached to an aromatic ring is 12. The molecular weight excluding hydrogens is 1800 g/mol. The molecular formula is C120H119N15O9. The Balaban J connectivity index is 0.000000155. The molecule has 24 nitrogen and oxygen atoms in total. The van der Waals surface area contributed by atoms with Gasteiger partial charge >= 0.3 is 0 Å². The number of rotatable bonds is 33. The zero-order valence-corrected chi connectivity index (χ0v) is 80.1. The van der Waals surface area contributed by atoms with Gasteiger partial charge in [0.05, 0.1) is 17.1 Å². The zero-order chi connectivity index (χ0) is 101. The summed E-state index contributed by atoms with van der Waals surface area (Å²) in [6, 6.07) is 132. The van der Waals surface area contributed by atoms with Crippen LogP contribution in [0.3, 0.4) is 0 Å². The molecule has 0 aliphatic heterocycles. The summed E-state index contributed by atoms with van der Waals surface area (Å²) in [6.45, 7) is 6.65. The molecule has 0 radical (unpaired) electrons. The first-order valence-corrected chi connectivity index (χ1v) is 47.0. The molecule has 0 aromatic heterocycles. The van der Waals surface area contributed by atoms with Crippen molar-refractivity contribution in [1.29, 1.82) is 0 Å². The lowest BCUT2D eigenvalue weighted by Crippen LogP contribution is -2.25. The van der Waals surface area contributed by atoms with E-state index in [2.05, 4.69) is 86.6 Å². The van der Waals surface area contributed by atoms with Crippen LogP contribution in [0.1, 0.15) is 89.1 Å². The molecule has 0 saturated heterocycles. The number of hydrogen-bond donors (Lipinski definition) is 15. The van der Waals surface area contributed by atoms with Crippen molar-refractivity contribution in [3.05, 3.63) is 469 Å². The number of hydrogen-bond acceptors (Lipinski definition) is 24. The maximum absolute atomic E-state index is 6.12. The van der Waals surface area contributed by atoms with Gasteiger partial charge in [-0.05, 0) is 418 Å². The average molecular weight is 1920 g/mol. The van der Waals surface area contributed by atoms with Crippen LogP contribution >= 0.6 is 0 Å². The van der Waals surface area contributed by atoms with Crippen LogP contribution in [0.5, 0.6) is 103 Å². The summed E-state index contributed by atoms with van der Waals surface area (Å²) >= 11 is 0.